The number of nitrogens with zero attached hydrogens (tertiary/aromatic N) is 1. The van der Waals surface area contributed by atoms with Crippen molar-refractivity contribution < 1.29 is 9.53 Å². The number of hydrogen-bond donors (Lipinski definition) is 1. The van der Waals surface area contributed by atoms with Gasteiger partial charge in [0.05, 0.1) is 6.54 Å². The maximum Gasteiger partial charge on any atom is 0.410 e. The number of amides is 1. The highest BCUT2D eigenvalue weighted by Crippen LogP contribution is 2.14. The Morgan fingerprint density at radius 2 is 2.20 bits per heavy atom. The van der Waals surface area contributed by atoms with Gasteiger partial charge in [0.1, 0.15) is 5.60 Å². The summed E-state index contributed by atoms with van der Waals surface area (Å²) in [7, 11) is 0. The molecule has 1 aliphatic rings. The molecule has 15 heavy (non-hydrogen) atoms. The monoisotopic (exact) mass is 210 g/mol. The molecule has 84 valence electrons. The molecule has 0 aromatic heterocycles. The van der Waals surface area contributed by atoms with Gasteiger partial charge in [-0.3, -0.25) is 5.32 Å². The standard InChI is InChI=1S/C11H18N2O2/c1-5-6-12-9-7-13(8-9)10(14)15-11(2,3)4/h1,9,12H,6-8H2,2-4H3. The van der Waals surface area contributed by atoms with Crippen LogP contribution < -0.4 is 5.32 Å². The van der Waals surface area contributed by atoms with Crippen LogP contribution in [-0.2, 0) is 4.74 Å². The largest absolute Gasteiger partial charge is 0.444 e. The van der Waals surface area contributed by atoms with Crippen molar-refractivity contribution >= 4 is 6.09 Å². The number of rotatable bonds is 2. The van der Waals surface area contributed by atoms with Crippen molar-refractivity contribution in [3.63, 3.8) is 0 Å². The fourth-order valence-electron chi connectivity index (χ4n) is 1.29. The summed E-state index contributed by atoms with van der Waals surface area (Å²) >= 11 is 0. The van der Waals surface area contributed by atoms with Crippen LogP contribution >= 0.6 is 0 Å². The Bertz CT molecular complexity index is 269. The molecular formula is C11H18N2O2. The third-order valence-electron chi connectivity index (χ3n) is 2.03. The Labute approximate surface area is 91.0 Å². The first-order chi connectivity index (χ1) is 6.92. The first-order valence-electron chi connectivity index (χ1n) is 5.07. The molecule has 0 aromatic carbocycles. The van der Waals surface area contributed by atoms with Gasteiger partial charge in [0.2, 0.25) is 0 Å². The number of carbonyl (C=O) groups is 1. The van der Waals surface area contributed by atoms with Gasteiger partial charge in [-0.15, -0.1) is 6.42 Å². The molecule has 0 radical (unpaired) electrons. The van der Waals surface area contributed by atoms with Crippen molar-refractivity contribution in [2.45, 2.75) is 32.4 Å². The molecule has 0 bridgehead atoms. The minimum Gasteiger partial charge on any atom is -0.444 e. The van der Waals surface area contributed by atoms with Gasteiger partial charge >= 0.3 is 6.09 Å². The maximum atomic E-state index is 11.5. The van der Waals surface area contributed by atoms with Crippen LogP contribution in [0.2, 0.25) is 0 Å². The first-order valence-corrected chi connectivity index (χ1v) is 5.07. The molecule has 4 heteroatoms. The molecule has 1 fully saturated rings. The van der Waals surface area contributed by atoms with Crippen LogP contribution in [-0.4, -0.2) is 42.3 Å². The summed E-state index contributed by atoms with van der Waals surface area (Å²) in [6.45, 7) is 7.48. The Balaban J connectivity index is 2.21. The molecule has 0 aromatic rings. The lowest BCUT2D eigenvalue weighted by Gasteiger charge is -2.39. The second kappa shape index (κ2) is 4.54. The number of terminal acetylenes is 1. The quantitative estimate of drug-likeness (QED) is 0.686. The Morgan fingerprint density at radius 3 is 2.67 bits per heavy atom. The second-order valence-electron chi connectivity index (χ2n) is 4.67. The van der Waals surface area contributed by atoms with Gasteiger partial charge in [-0.1, -0.05) is 5.92 Å². The van der Waals surface area contributed by atoms with Crippen molar-refractivity contribution in [2.24, 2.45) is 0 Å². The van der Waals surface area contributed by atoms with Crippen LogP contribution in [0.5, 0.6) is 0 Å². The van der Waals surface area contributed by atoms with Crippen LogP contribution in [0.3, 0.4) is 0 Å². The highest BCUT2D eigenvalue weighted by molar-refractivity contribution is 5.69. The number of likely N-dealkylation sites (tertiary alicyclic amines) is 1. The summed E-state index contributed by atoms with van der Waals surface area (Å²) in [6.07, 6.45) is 4.87. The molecule has 4 nitrogen and oxygen atoms in total. The molecule has 1 heterocycles. The molecule has 1 aliphatic heterocycles. The number of hydrogen-bond acceptors (Lipinski definition) is 3. The zero-order valence-electron chi connectivity index (χ0n) is 9.54. The molecule has 1 N–H and O–H groups in total. The van der Waals surface area contributed by atoms with E-state index in [1.165, 1.54) is 0 Å². The first kappa shape index (κ1) is 11.9. The Hall–Kier alpha value is -1.21. The lowest BCUT2D eigenvalue weighted by molar-refractivity contribution is 0.00575. The maximum absolute atomic E-state index is 11.5. The predicted molar refractivity (Wildman–Crippen MR) is 58.4 cm³/mol. The topological polar surface area (TPSA) is 41.6 Å². The van der Waals surface area contributed by atoms with Gasteiger partial charge in [0.15, 0.2) is 0 Å². The van der Waals surface area contributed by atoms with E-state index < -0.39 is 5.60 Å². The minimum atomic E-state index is -0.422. The average molecular weight is 210 g/mol. The lowest BCUT2D eigenvalue weighted by Crippen LogP contribution is -2.60. The molecule has 0 spiro atoms. The van der Waals surface area contributed by atoms with Crippen LogP contribution in [0.15, 0.2) is 0 Å². The van der Waals surface area contributed by atoms with Crippen LogP contribution in [0.4, 0.5) is 4.79 Å². The summed E-state index contributed by atoms with van der Waals surface area (Å²) in [4.78, 5) is 13.2. The molecule has 1 saturated heterocycles. The third-order valence-corrected chi connectivity index (χ3v) is 2.03. The normalized spacial score (nSPS) is 16.8. The van der Waals surface area contributed by atoms with Gasteiger partial charge in [-0.2, -0.15) is 0 Å². The van der Waals surface area contributed by atoms with Crippen molar-refractivity contribution in [1.29, 1.82) is 0 Å². The third kappa shape index (κ3) is 3.80. The summed E-state index contributed by atoms with van der Waals surface area (Å²) in [5.74, 6) is 2.50. The highest BCUT2D eigenvalue weighted by atomic mass is 16.6. The van der Waals surface area contributed by atoms with Crippen molar-refractivity contribution in [3.05, 3.63) is 0 Å². The molecule has 1 rings (SSSR count). The van der Waals surface area contributed by atoms with E-state index >= 15 is 0 Å². The van der Waals surface area contributed by atoms with Crippen LogP contribution in [0.1, 0.15) is 20.8 Å². The zero-order valence-corrected chi connectivity index (χ0v) is 9.54. The van der Waals surface area contributed by atoms with E-state index in [1.54, 1.807) is 4.90 Å². The van der Waals surface area contributed by atoms with Gasteiger partial charge < -0.3 is 9.64 Å². The number of nitrogens with one attached hydrogen (secondary N) is 1. The Morgan fingerprint density at radius 1 is 1.60 bits per heavy atom. The van der Waals surface area contributed by atoms with E-state index in [9.17, 15) is 4.79 Å². The lowest BCUT2D eigenvalue weighted by atomic mass is 10.1. The highest BCUT2D eigenvalue weighted by Gasteiger charge is 2.32. The summed E-state index contributed by atoms with van der Waals surface area (Å²) in [6, 6.07) is 0.313. The van der Waals surface area contributed by atoms with Crippen LogP contribution in [0.25, 0.3) is 0 Å². The summed E-state index contributed by atoms with van der Waals surface area (Å²) in [5.41, 5.74) is -0.422. The summed E-state index contributed by atoms with van der Waals surface area (Å²) in [5, 5.41) is 3.13. The second-order valence-corrected chi connectivity index (χ2v) is 4.67. The molecule has 0 unspecified atom stereocenters. The SMILES string of the molecule is C#CCNC1CN(C(=O)OC(C)(C)C)C1. The van der Waals surface area contributed by atoms with E-state index in [1.807, 2.05) is 20.8 Å². The van der Waals surface area contributed by atoms with Crippen LogP contribution in [0, 0.1) is 12.3 Å². The minimum absolute atomic E-state index is 0.249. The predicted octanol–water partition coefficient (Wildman–Crippen LogP) is 0.828. The van der Waals surface area contributed by atoms with Gasteiger partial charge in [-0.25, -0.2) is 4.79 Å². The smallest absolute Gasteiger partial charge is 0.410 e. The van der Waals surface area contributed by atoms with Crippen molar-refractivity contribution in [1.82, 2.24) is 10.2 Å². The van der Waals surface area contributed by atoms with E-state index in [2.05, 4.69) is 11.2 Å². The number of carbonyl (C=O) groups excluding carboxylic acids is 1. The zero-order chi connectivity index (χ0) is 11.5. The van der Waals surface area contributed by atoms with Gasteiger partial charge in [-0.05, 0) is 20.8 Å². The molecule has 0 aliphatic carbocycles. The van der Waals surface area contributed by atoms with E-state index in [0.717, 1.165) is 0 Å². The van der Waals surface area contributed by atoms with Gasteiger partial charge in [0, 0.05) is 19.1 Å². The van der Waals surface area contributed by atoms with Crippen molar-refractivity contribution in [2.75, 3.05) is 19.6 Å². The van der Waals surface area contributed by atoms with E-state index in [4.69, 9.17) is 11.2 Å². The molecular weight excluding hydrogens is 192 g/mol. The molecule has 0 atom stereocenters. The fraction of sp³-hybridized carbons (Fsp3) is 0.727. The number of ether oxygens (including phenoxy) is 1. The summed E-state index contributed by atoms with van der Waals surface area (Å²) < 4.78 is 5.21. The molecule has 1 amide bonds. The fourth-order valence-corrected chi connectivity index (χ4v) is 1.29. The Kier molecular flexibility index (Phi) is 3.59. The average Bonchev–Trinajstić information content (AvgIpc) is 1.98. The van der Waals surface area contributed by atoms with E-state index in [-0.39, 0.29) is 6.09 Å². The molecule has 0 saturated carbocycles. The van der Waals surface area contributed by atoms with Gasteiger partial charge in [0.25, 0.3) is 0 Å². The van der Waals surface area contributed by atoms with Crippen molar-refractivity contribution in [3.8, 4) is 12.3 Å². The van der Waals surface area contributed by atoms with E-state index in [0.29, 0.717) is 25.7 Å².